The molecule has 0 fully saturated rings. The summed E-state index contributed by atoms with van der Waals surface area (Å²) in [5.41, 5.74) is 1.43. The summed E-state index contributed by atoms with van der Waals surface area (Å²) in [6, 6.07) is 0. The standard InChI is InChI=1S/C5H9N3O3S2/c9-2-1-3-13(10,11)8-5-7-6-4-12-5/h4,9H,1-3H2,(H,7,8). The van der Waals surface area contributed by atoms with Crippen LogP contribution in [-0.2, 0) is 10.0 Å². The third kappa shape index (κ3) is 3.66. The van der Waals surface area contributed by atoms with E-state index in [-0.39, 0.29) is 23.9 Å². The summed E-state index contributed by atoms with van der Waals surface area (Å²) in [5, 5.41) is 15.7. The van der Waals surface area contributed by atoms with Gasteiger partial charge in [-0.2, -0.15) is 0 Å². The third-order valence-electron chi connectivity index (χ3n) is 1.17. The molecular formula is C5H9N3O3S2. The van der Waals surface area contributed by atoms with Crippen molar-refractivity contribution in [1.29, 1.82) is 0 Å². The fourth-order valence-electron chi connectivity index (χ4n) is 0.656. The second kappa shape index (κ2) is 4.49. The van der Waals surface area contributed by atoms with Gasteiger partial charge in [-0.3, -0.25) is 4.72 Å². The molecule has 0 unspecified atom stereocenters. The number of aliphatic hydroxyl groups excluding tert-OH is 1. The molecule has 13 heavy (non-hydrogen) atoms. The van der Waals surface area contributed by atoms with E-state index < -0.39 is 10.0 Å². The molecule has 0 atom stereocenters. The fourth-order valence-corrected chi connectivity index (χ4v) is 2.44. The third-order valence-corrected chi connectivity index (χ3v) is 3.24. The highest BCUT2D eigenvalue weighted by atomic mass is 32.2. The van der Waals surface area contributed by atoms with Crippen LogP contribution in [0.3, 0.4) is 0 Å². The summed E-state index contributed by atoms with van der Waals surface area (Å²) in [7, 11) is -3.37. The predicted molar refractivity (Wildman–Crippen MR) is 49.0 cm³/mol. The molecule has 1 aromatic heterocycles. The van der Waals surface area contributed by atoms with E-state index in [0.717, 1.165) is 11.3 Å². The lowest BCUT2D eigenvalue weighted by molar-refractivity contribution is 0.295. The second-order valence-corrected chi connectivity index (χ2v) is 4.92. The molecule has 0 saturated heterocycles. The highest BCUT2D eigenvalue weighted by molar-refractivity contribution is 7.92. The number of anilines is 1. The number of aliphatic hydroxyl groups is 1. The Morgan fingerprint density at radius 3 is 2.92 bits per heavy atom. The number of hydrogen-bond acceptors (Lipinski definition) is 6. The van der Waals surface area contributed by atoms with Crippen LogP contribution in [0.5, 0.6) is 0 Å². The largest absolute Gasteiger partial charge is 0.396 e. The molecule has 0 bridgehead atoms. The van der Waals surface area contributed by atoms with E-state index in [1.807, 2.05) is 0 Å². The van der Waals surface area contributed by atoms with Gasteiger partial charge in [0.15, 0.2) is 0 Å². The van der Waals surface area contributed by atoms with Gasteiger partial charge in [-0.15, -0.1) is 10.2 Å². The zero-order valence-corrected chi connectivity index (χ0v) is 8.31. The van der Waals surface area contributed by atoms with Crippen LogP contribution in [0.15, 0.2) is 5.51 Å². The molecular weight excluding hydrogens is 214 g/mol. The van der Waals surface area contributed by atoms with Gasteiger partial charge in [-0.05, 0) is 6.42 Å². The summed E-state index contributed by atoms with van der Waals surface area (Å²) in [6.45, 7) is -0.142. The van der Waals surface area contributed by atoms with Crippen LogP contribution in [0.25, 0.3) is 0 Å². The van der Waals surface area contributed by atoms with Crippen molar-refractivity contribution >= 4 is 26.5 Å². The first-order valence-corrected chi connectivity index (χ1v) is 6.05. The molecule has 2 N–H and O–H groups in total. The Labute approximate surface area is 79.7 Å². The zero-order chi connectivity index (χ0) is 9.73. The highest BCUT2D eigenvalue weighted by Crippen LogP contribution is 2.10. The Bertz CT molecular complexity index is 334. The maximum atomic E-state index is 11.2. The summed E-state index contributed by atoms with van der Waals surface area (Å²) >= 11 is 1.11. The number of aromatic nitrogens is 2. The van der Waals surface area contributed by atoms with Crippen LogP contribution < -0.4 is 4.72 Å². The number of sulfonamides is 1. The first-order chi connectivity index (χ1) is 6.14. The molecule has 0 saturated carbocycles. The summed E-state index contributed by atoms with van der Waals surface area (Å²) in [5.74, 6) is -0.108. The van der Waals surface area contributed by atoms with E-state index in [1.165, 1.54) is 5.51 Å². The maximum absolute atomic E-state index is 11.2. The molecule has 0 amide bonds. The maximum Gasteiger partial charge on any atom is 0.234 e. The molecule has 0 radical (unpaired) electrons. The van der Waals surface area contributed by atoms with Crippen molar-refractivity contribution in [3.05, 3.63) is 5.51 Å². The molecule has 1 heterocycles. The summed E-state index contributed by atoms with van der Waals surface area (Å²) in [6.07, 6.45) is 0.216. The number of nitrogens with zero attached hydrogens (tertiary/aromatic N) is 2. The Morgan fingerprint density at radius 2 is 2.38 bits per heavy atom. The lowest BCUT2D eigenvalue weighted by Gasteiger charge is -2.01. The van der Waals surface area contributed by atoms with Crippen molar-refractivity contribution in [1.82, 2.24) is 10.2 Å². The number of hydrogen-bond donors (Lipinski definition) is 2. The Balaban J connectivity index is 2.53. The van der Waals surface area contributed by atoms with E-state index >= 15 is 0 Å². The summed E-state index contributed by atoms with van der Waals surface area (Å²) in [4.78, 5) is 0. The normalized spacial score (nSPS) is 11.5. The van der Waals surface area contributed by atoms with Gasteiger partial charge in [-0.1, -0.05) is 11.3 Å². The van der Waals surface area contributed by atoms with Crippen LogP contribution in [0.1, 0.15) is 6.42 Å². The van der Waals surface area contributed by atoms with E-state index in [2.05, 4.69) is 14.9 Å². The van der Waals surface area contributed by atoms with E-state index in [1.54, 1.807) is 0 Å². The van der Waals surface area contributed by atoms with Crippen molar-refractivity contribution < 1.29 is 13.5 Å². The number of nitrogens with one attached hydrogen (secondary N) is 1. The zero-order valence-electron chi connectivity index (χ0n) is 6.67. The van der Waals surface area contributed by atoms with Crippen molar-refractivity contribution in [2.24, 2.45) is 0 Å². The Morgan fingerprint density at radius 1 is 1.62 bits per heavy atom. The molecule has 0 spiro atoms. The van der Waals surface area contributed by atoms with Gasteiger partial charge in [0.2, 0.25) is 15.2 Å². The van der Waals surface area contributed by atoms with Crippen LogP contribution in [-0.4, -0.2) is 36.1 Å². The SMILES string of the molecule is O=S(=O)(CCCO)Nc1nncs1. The minimum absolute atomic E-state index is 0.108. The van der Waals surface area contributed by atoms with Crippen LogP contribution in [0.2, 0.25) is 0 Å². The first-order valence-electron chi connectivity index (χ1n) is 3.51. The lowest BCUT2D eigenvalue weighted by Crippen LogP contribution is -2.17. The monoisotopic (exact) mass is 223 g/mol. The molecule has 1 aromatic rings. The highest BCUT2D eigenvalue weighted by Gasteiger charge is 2.10. The van der Waals surface area contributed by atoms with E-state index in [4.69, 9.17) is 5.11 Å². The van der Waals surface area contributed by atoms with Crippen molar-refractivity contribution in [2.45, 2.75) is 6.42 Å². The van der Waals surface area contributed by atoms with Gasteiger partial charge in [0.05, 0.1) is 5.75 Å². The van der Waals surface area contributed by atoms with E-state index in [0.29, 0.717) is 0 Å². The number of rotatable bonds is 5. The first kappa shape index (κ1) is 10.4. The predicted octanol–water partition coefficient (Wildman–Crippen LogP) is -0.338. The van der Waals surface area contributed by atoms with Crippen LogP contribution in [0.4, 0.5) is 5.13 Å². The van der Waals surface area contributed by atoms with Gasteiger partial charge in [0.1, 0.15) is 5.51 Å². The fraction of sp³-hybridized carbons (Fsp3) is 0.600. The van der Waals surface area contributed by atoms with Gasteiger partial charge in [0.25, 0.3) is 0 Å². The lowest BCUT2D eigenvalue weighted by atomic mass is 10.5. The smallest absolute Gasteiger partial charge is 0.234 e. The average molecular weight is 223 g/mol. The van der Waals surface area contributed by atoms with Crippen molar-refractivity contribution in [3.8, 4) is 0 Å². The van der Waals surface area contributed by atoms with Crippen LogP contribution >= 0.6 is 11.3 Å². The minimum atomic E-state index is -3.37. The van der Waals surface area contributed by atoms with Crippen molar-refractivity contribution in [2.75, 3.05) is 17.1 Å². The molecule has 8 heteroatoms. The van der Waals surface area contributed by atoms with Gasteiger partial charge in [0, 0.05) is 6.61 Å². The van der Waals surface area contributed by atoms with Crippen molar-refractivity contribution in [3.63, 3.8) is 0 Å². The molecule has 0 aliphatic carbocycles. The molecule has 74 valence electrons. The second-order valence-electron chi connectivity index (χ2n) is 2.24. The van der Waals surface area contributed by atoms with E-state index in [9.17, 15) is 8.42 Å². The van der Waals surface area contributed by atoms with Gasteiger partial charge >= 0.3 is 0 Å². The minimum Gasteiger partial charge on any atom is -0.396 e. The Hall–Kier alpha value is -0.730. The van der Waals surface area contributed by atoms with Gasteiger partial charge < -0.3 is 5.11 Å². The van der Waals surface area contributed by atoms with Gasteiger partial charge in [-0.25, -0.2) is 8.42 Å². The molecule has 0 aliphatic rings. The molecule has 0 aromatic carbocycles. The van der Waals surface area contributed by atoms with Crippen LogP contribution in [0, 0.1) is 0 Å². The molecule has 1 rings (SSSR count). The molecule has 6 nitrogen and oxygen atoms in total. The summed E-state index contributed by atoms with van der Waals surface area (Å²) < 4.78 is 24.6. The topological polar surface area (TPSA) is 92.2 Å². The molecule has 0 aliphatic heterocycles. The quantitative estimate of drug-likeness (QED) is 0.712. The average Bonchev–Trinajstić information content (AvgIpc) is 2.52. The Kier molecular flexibility index (Phi) is 3.58.